The molecule has 0 aliphatic heterocycles. The molecular weight excluding hydrogens is 340 g/mol. The molecule has 1 atom stereocenters. The minimum absolute atomic E-state index is 0.0661. The molecule has 0 fully saturated rings. The van der Waals surface area contributed by atoms with E-state index in [4.69, 9.17) is 5.11 Å². The summed E-state index contributed by atoms with van der Waals surface area (Å²) < 4.78 is 28.3. The van der Waals surface area contributed by atoms with Crippen LogP contribution < -0.4 is 10.0 Å². The summed E-state index contributed by atoms with van der Waals surface area (Å²) in [6, 6.07) is 12.8. The van der Waals surface area contributed by atoms with Crippen LogP contribution in [0.4, 0.5) is 5.69 Å². The first kappa shape index (κ1) is 19.0. The first-order valence-corrected chi connectivity index (χ1v) is 9.52. The van der Waals surface area contributed by atoms with E-state index in [1.54, 1.807) is 6.92 Å². The van der Waals surface area contributed by atoms with Crippen molar-refractivity contribution >= 4 is 21.7 Å². The van der Waals surface area contributed by atoms with Gasteiger partial charge in [0.05, 0.1) is 11.3 Å². The molecule has 0 saturated heterocycles. The van der Waals surface area contributed by atoms with Gasteiger partial charge in [-0.25, -0.2) is 17.9 Å². The van der Waals surface area contributed by atoms with Crippen LogP contribution >= 0.6 is 0 Å². The Morgan fingerprint density at radius 1 is 1.16 bits per heavy atom. The Morgan fingerprint density at radius 3 is 2.44 bits per heavy atom. The molecule has 2 rings (SSSR count). The Kier molecular flexibility index (Phi) is 6.17. The Balaban J connectivity index is 2.38. The Labute approximate surface area is 147 Å². The molecule has 3 N–H and O–H groups in total. The van der Waals surface area contributed by atoms with E-state index in [0.29, 0.717) is 12.2 Å². The lowest BCUT2D eigenvalue weighted by Gasteiger charge is -2.17. The van der Waals surface area contributed by atoms with Gasteiger partial charge in [-0.1, -0.05) is 37.3 Å². The molecule has 0 unspecified atom stereocenters. The van der Waals surface area contributed by atoms with Crippen LogP contribution in [0, 0.1) is 0 Å². The summed E-state index contributed by atoms with van der Waals surface area (Å²) in [5.41, 5.74) is 1.14. The van der Waals surface area contributed by atoms with Crippen LogP contribution in [0.2, 0.25) is 0 Å². The van der Waals surface area contributed by atoms with E-state index >= 15 is 0 Å². The van der Waals surface area contributed by atoms with Crippen molar-refractivity contribution in [2.75, 3.05) is 11.9 Å². The lowest BCUT2D eigenvalue weighted by molar-refractivity contribution is 0.0696. The second kappa shape index (κ2) is 8.13. The highest BCUT2D eigenvalue weighted by atomic mass is 32.2. The van der Waals surface area contributed by atoms with Gasteiger partial charge in [-0.2, -0.15) is 0 Å². The molecule has 2 aromatic carbocycles. The van der Waals surface area contributed by atoms with Crippen molar-refractivity contribution in [1.29, 1.82) is 0 Å². The fourth-order valence-electron chi connectivity index (χ4n) is 2.39. The predicted octanol–water partition coefficient (Wildman–Crippen LogP) is 3.25. The first-order valence-electron chi connectivity index (χ1n) is 8.03. The zero-order valence-electron chi connectivity index (χ0n) is 14.2. The molecule has 0 amide bonds. The second-order valence-corrected chi connectivity index (χ2v) is 7.38. The van der Waals surface area contributed by atoms with Crippen LogP contribution in [0.25, 0.3) is 0 Å². The molecule has 134 valence electrons. The normalized spacial score (nSPS) is 12.6. The number of nitrogens with one attached hydrogen (secondary N) is 2. The van der Waals surface area contributed by atoms with Crippen molar-refractivity contribution in [3.8, 4) is 0 Å². The monoisotopic (exact) mass is 362 g/mol. The van der Waals surface area contributed by atoms with Gasteiger partial charge >= 0.3 is 5.97 Å². The number of hydrogen-bond donors (Lipinski definition) is 3. The summed E-state index contributed by atoms with van der Waals surface area (Å²) in [5, 5.41) is 12.2. The number of carbonyl (C=O) groups is 1. The van der Waals surface area contributed by atoms with Gasteiger partial charge in [0.25, 0.3) is 0 Å². The van der Waals surface area contributed by atoms with Crippen molar-refractivity contribution in [1.82, 2.24) is 4.72 Å². The highest BCUT2D eigenvalue weighted by Gasteiger charge is 2.23. The van der Waals surface area contributed by atoms with E-state index in [-0.39, 0.29) is 10.5 Å². The third kappa shape index (κ3) is 4.80. The Hall–Kier alpha value is -2.38. The number of carboxylic acids is 1. The molecule has 0 aliphatic carbocycles. The third-order valence-electron chi connectivity index (χ3n) is 3.72. The fourth-order valence-corrected chi connectivity index (χ4v) is 3.83. The van der Waals surface area contributed by atoms with E-state index in [2.05, 4.69) is 10.0 Å². The Morgan fingerprint density at radius 2 is 1.84 bits per heavy atom. The average Bonchev–Trinajstić information content (AvgIpc) is 2.60. The minimum Gasteiger partial charge on any atom is -0.478 e. The van der Waals surface area contributed by atoms with Crippen molar-refractivity contribution < 1.29 is 18.3 Å². The molecule has 0 heterocycles. The van der Waals surface area contributed by atoms with Gasteiger partial charge in [0.15, 0.2) is 0 Å². The van der Waals surface area contributed by atoms with Crippen LogP contribution in [0.15, 0.2) is 53.4 Å². The van der Waals surface area contributed by atoms with Crippen LogP contribution in [0.3, 0.4) is 0 Å². The summed E-state index contributed by atoms with van der Waals surface area (Å²) in [6.07, 6.45) is 0.814. The molecule has 6 nitrogen and oxygen atoms in total. The summed E-state index contributed by atoms with van der Waals surface area (Å²) in [4.78, 5) is 11.1. The highest BCUT2D eigenvalue weighted by Crippen LogP contribution is 2.25. The maximum absolute atomic E-state index is 12.8. The van der Waals surface area contributed by atoms with E-state index in [1.165, 1.54) is 18.2 Å². The third-order valence-corrected chi connectivity index (χ3v) is 5.30. The van der Waals surface area contributed by atoms with Crippen LogP contribution in [0.1, 0.15) is 42.2 Å². The molecule has 0 aromatic heterocycles. The van der Waals surface area contributed by atoms with Gasteiger partial charge in [-0.05, 0) is 37.1 Å². The highest BCUT2D eigenvalue weighted by molar-refractivity contribution is 7.89. The zero-order valence-corrected chi connectivity index (χ0v) is 15.0. The molecule has 0 saturated carbocycles. The minimum atomic E-state index is -3.90. The molecule has 0 spiro atoms. The molecule has 2 aromatic rings. The van der Waals surface area contributed by atoms with E-state index in [9.17, 15) is 13.2 Å². The second-order valence-electron chi connectivity index (χ2n) is 5.70. The van der Waals surface area contributed by atoms with Gasteiger partial charge in [-0.3, -0.25) is 0 Å². The average molecular weight is 362 g/mol. The van der Waals surface area contributed by atoms with Gasteiger partial charge < -0.3 is 10.4 Å². The summed E-state index contributed by atoms with van der Waals surface area (Å²) in [7, 11) is -3.90. The van der Waals surface area contributed by atoms with Crippen molar-refractivity contribution in [2.24, 2.45) is 0 Å². The summed E-state index contributed by atoms with van der Waals surface area (Å²) >= 11 is 0. The smallest absolute Gasteiger partial charge is 0.335 e. The van der Waals surface area contributed by atoms with Crippen LogP contribution in [0.5, 0.6) is 0 Å². The molecule has 0 aliphatic rings. The first-order chi connectivity index (χ1) is 11.8. The van der Waals surface area contributed by atoms with Crippen LogP contribution in [-0.2, 0) is 10.0 Å². The van der Waals surface area contributed by atoms with Gasteiger partial charge in [0.1, 0.15) is 4.90 Å². The summed E-state index contributed by atoms with van der Waals surface area (Å²) in [6.45, 7) is 4.29. The van der Waals surface area contributed by atoms with E-state index < -0.39 is 22.0 Å². The van der Waals surface area contributed by atoms with Gasteiger partial charge in [0, 0.05) is 12.6 Å². The van der Waals surface area contributed by atoms with Crippen LogP contribution in [-0.4, -0.2) is 26.0 Å². The van der Waals surface area contributed by atoms with Crippen molar-refractivity contribution in [3.05, 3.63) is 59.7 Å². The molecule has 25 heavy (non-hydrogen) atoms. The number of benzene rings is 2. The number of sulfonamides is 1. The standard InChI is InChI=1S/C18H22N2O4S/c1-3-11-19-16-10-9-15(18(21)22)12-17(16)25(23,24)20-13(2)14-7-5-4-6-8-14/h4-10,12-13,19-20H,3,11H2,1-2H3,(H,21,22)/t13-/m1/s1. The molecule has 0 bridgehead atoms. The number of carboxylic acid groups (broad SMARTS) is 1. The zero-order chi connectivity index (χ0) is 18.4. The largest absolute Gasteiger partial charge is 0.478 e. The number of hydrogen-bond acceptors (Lipinski definition) is 4. The number of aromatic carboxylic acids is 1. The Bertz CT molecular complexity index is 835. The maximum Gasteiger partial charge on any atom is 0.335 e. The van der Waals surface area contributed by atoms with E-state index in [1.807, 2.05) is 37.3 Å². The molecule has 7 heteroatoms. The maximum atomic E-state index is 12.8. The lowest BCUT2D eigenvalue weighted by atomic mass is 10.1. The summed E-state index contributed by atoms with van der Waals surface area (Å²) in [5.74, 6) is -1.17. The predicted molar refractivity (Wildman–Crippen MR) is 97.4 cm³/mol. The molecule has 0 radical (unpaired) electrons. The number of rotatable bonds is 8. The van der Waals surface area contributed by atoms with Crippen molar-refractivity contribution in [2.45, 2.75) is 31.2 Å². The number of anilines is 1. The fraction of sp³-hybridized carbons (Fsp3) is 0.278. The lowest BCUT2D eigenvalue weighted by Crippen LogP contribution is -2.28. The van der Waals surface area contributed by atoms with E-state index in [0.717, 1.165) is 12.0 Å². The topological polar surface area (TPSA) is 95.5 Å². The van der Waals surface area contributed by atoms with Gasteiger partial charge in [-0.15, -0.1) is 0 Å². The molecular formula is C18H22N2O4S. The van der Waals surface area contributed by atoms with Gasteiger partial charge in [0.2, 0.25) is 10.0 Å². The van der Waals surface area contributed by atoms with Crippen molar-refractivity contribution in [3.63, 3.8) is 0 Å². The quantitative estimate of drug-likeness (QED) is 0.670. The SMILES string of the molecule is CCCNc1ccc(C(=O)O)cc1S(=O)(=O)N[C@H](C)c1ccccc1.